The van der Waals surface area contributed by atoms with Crippen LogP contribution in [0.25, 0.3) is 0 Å². The molecule has 6 nitrogen and oxygen atoms in total. The van der Waals surface area contributed by atoms with Gasteiger partial charge in [0.15, 0.2) is 0 Å². The highest BCUT2D eigenvalue weighted by molar-refractivity contribution is 6.08. The summed E-state index contributed by atoms with van der Waals surface area (Å²) in [5.41, 5.74) is 3.98. The summed E-state index contributed by atoms with van der Waals surface area (Å²) in [7, 11) is 0. The van der Waals surface area contributed by atoms with E-state index < -0.39 is 0 Å². The number of ether oxygens (including phenoxy) is 1. The van der Waals surface area contributed by atoms with E-state index in [-0.39, 0.29) is 29.2 Å². The van der Waals surface area contributed by atoms with Crippen LogP contribution >= 0.6 is 0 Å². The van der Waals surface area contributed by atoms with Gasteiger partial charge in [-0.15, -0.1) is 0 Å². The normalized spacial score (nSPS) is 27.4. The molecule has 4 unspecified atom stereocenters. The maximum atomic E-state index is 13.4. The molecular formula is C30H35FN4O2. The van der Waals surface area contributed by atoms with Crippen molar-refractivity contribution >= 4 is 23.6 Å². The van der Waals surface area contributed by atoms with Gasteiger partial charge in [-0.2, -0.15) is 0 Å². The van der Waals surface area contributed by atoms with Crippen LogP contribution in [0.15, 0.2) is 71.2 Å². The zero-order valence-corrected chi connectivity index (χ0v) is 21.3. The van der Waals surface area contributed by atoms with Gasteiger partial charge in [-0.25, -0.2) is 9.18 Å². The van der Waals surface area contributed by atoms with Crippen LogP contribution in [-0.2, 0) is 4.74 Å². The van der Waals surface area contributed by atoms with Crippen LogP contribution in [0.2, 0.25) is 0 Å². The molecule has 37 heavy (non-hydrogen) atoms. The van der Waals surface area contributed by atoms with Gasteiger partial charge in [0, 0.05) is 30.9 Å². The van der Waals surface area contributed by atoms with Crippen LogP contribution in [0, 0.1) is 28.5 Å². The fourth-order valence-electron chi connectivity index (χ4n) is 6.13. The molecule has 1 aliphatic heterocycles. The number of fused-ring (bicyclic) bond motifs is 1. The zero-order valence-electron chi connectivity index (χ0n) is 21.3. The molecule has 2 N–H and O–H groups in total. The smallest absolute Gasteiger partial charge is 0.318 e. The van der Waals surface area contributed by atoms with Gasteiger partial charge in [0.1, 0.15) is 5.82 Å². The van der Waals surface area contributed by atoms with E-state index in [9.17, 15) is 9.18 Å². The Kier molecular flexibility index (Phi) is 7.51. The molecule has 3 aliphatic rings. The Bertz CT molecular complexity index is 1170. The van der Waals surface area contributed by atoms with Gasteiger partial charge in [-0.05, 0) is 72.9 Å². The third kappa shape index (κ3) is 5.52. The molecule has 5 rings (SSSR count). The van der Waals surface area contributed by atoms with Gasteiger partial charge in [-0.3, -0.25) is 4.99 Å². The first-order chi connectivity index (χ1) is 18.0. The summed E-state index contributed by atoms with van der Waals surface area (Å²) in [5.74, 6) is -0.0178. The summed E-state index contributed by atoms with van der Waals surface area (Å²) in [4.78, 5) is 19.7. The number of allylic oxidation sites excluding steroid dienone is 2. The summed E-state index contributed by atoms with van der Waals surface area (Å²) >= 11 is 0. The van der Waals surface area contributed by atoms with Crippen molar-refractivity contribution in [1.82, 2.24) is 10.2 Å². The fourth-order valence-corrected chi connectivity index (χ4v) is 6.13. The Morgan fingerprint density at radius 3 is 2.65 bits per heavy atom. The summed E-state index contributed by atoms with van der Waals surface area (Å²) in [5, 5.41) is 11.5. The molecule has 4 atom stereocenters. The molecule has 2 aromatic rings. The molecule has 0 bridgehead atoms. The minimum atomic E-state index is -0.283. The van der Waals surface area contributed by atoms with E-state index in [1.807, 2.05) is 23.1 Å². The number of benzene rings is 2. The number of halogens is 1. The predicted octanol–water partition coefficient (Wildman–Crippen LogP) is 6.08. The molecule has 1 heterocycles. The Hall–Kier alpha value is -3.32. The Balaban J connectivity index is 1.38. The lowest BCUT2D eigenvalue weighted by Gasteiger charge is -2.40. The number of aliphatic imine (C=N–C) groups is 1. The summed E-state index contributed by atoms with van der Waals surface area (Å²) < 4.78 is 18.8. The lowest BCUT2D eigenvalue weighted by atomic mass is 9.65. The van der Waals surface area contributed by atoms with Gasteiger partial charge in [0.25, 0.3) is 0 Å². The third-order valence-corrected chi connectivity index (χ3v) is 8.35. The highest BCUT2D eigenvalue weighted by Crippen LogP contribution is 2.56. The van der Waals surface area contributed by atoms with Gasteiger partial charge < -0.3 is 20.4 Å². The van der Waals surface area contributed by atoms with Crippen molar-refractivity contribution in [2.75, 3.05) is 26.3 Å². The molecular weight excluding hydrogens is 467 g/mol. The van der Waals surface area contributed by atoms with Crippen molar-refractivity contribution in [3.63, 3.8) is 0 Å². The minimum Gasteiger partial charge on any atom is -0.378 e. The number of carbonyl (C=O) groups excluding carboxylic acids is 1. The van der Waals surface area contributed by atoms with Gasteiger partial charge in [0.05, 0.1) is 24.9 Å². The van der Waals surface area contributed by atoms with Crippen molar-refractivity contribution in [3.8, 4) is 0 Å². The first-order valence-electron chi connectivity index (χ1n) is 13.2. The molecule has 0 spiro atoms. The van der Waals surface area contributed by atoms with E-state index in [2.05, 4.69) is 30.4 Å². The molecule has 2 amide bonds. The maximum Gasteiger partial charge on any atom is 0.318 e. The Morgan fingerprint density at radius 2 is 1.95 bits per heavy atom. The highest BCUT2D eigenvalue weighted by atomic mass is 19.1. The van der Waals surface area contributed by atoms with E-state index in [0.29, 0.717) is 37.9 Å². The largest absolute Gasteiger partial charge is 0.378 e. The zero-order chi connectivity index (χ0) is 25.8. The standard InChI is InChI=1S/C30H35FN4O2/c1-30-19-22(20-32)28(33-26-11-9-25(31)10-12-26)18-24(30)8-7-23(30)17-27(21-5-3-2-4-6-21)34-29(36)35-13-15-37-16-14-35/h2-6,9-12,18,20,22-23,27,32H,7-8,13-17,19H2,1H3,(H,34,36). The number of rotatable bonds is 6. The van der Waals surface area contributed by atoms with Crippen molar-refractivity contribution in [2.45, 2.75) is 38.6 Å². The number of nitrogens with zero attached hydrogens (tertiary/aromatic N) is 2. The minimum absolute atomic E-state index is 0.0363. The first-order valence-corrected chi connectivity index (χ1v) is 13.2. The molecule has 0 aromatic heterocycles. The lowest BCUT2D eigenvalue weighted by molar-refractivity contribution is 0.0520. The van der Waals surface area contributed by atoms with Crippen LogP contribution in [0.1, 0.15) is 44.2 Å². The molecule has 1 saturated heterocycles. The van der Waals surface area contributed by atoms with Crippen LogP contribution in [0.5, 0.6) is 0 Å². The molecule has 7 heteroatoms. The van der Waals surface area contributed by atoms with Crippen molar-refractivity contribution in [1.29, 1.82) is 5.41 Å². The number of morpholine rings is 1. The van der Waals surface area contributed by atoms with E-state index in [0.717, 1.165) is 37.0 Å². The lowest BCUT2D eigenvalue weighted by Crippen LogP contribution is -2.47. The summed E-state index contributed by atoms with van der Waals surface area (Å²) in [6.07, 6.45) is 7.33. The van der Waals surface area contributed by atoms with E-state index in [4.69, 9.17) is 15.1 Å². The number of carbonyl (C=O) groups is 1. The van der Waals surface area contributed by atoms with Crippen LogP contribution in [-0.4, -0.2) is 49.2 Å². The maximum absolute atomic E-state index is 13.4. The summed E-state index contributed by atoms with van der Waals surface area (Å²) in [6, 6.07) is 16.3. The van der Waals surface area contributed by atoms with Crippen molar-refractivity contribution < 1.29 is 13.9 Å². The second kappa shape index (κ2) is 11.0. The number of hydrogen-bond donors (Lipinski definition) is 2. The number of nitrogens with one attached hydrogen (secondary N) is 2. The first kappa shape index (κ1) is 25.3. The topological polar surface area (TPSA) is 77.8 Å². The number of hydrogen-bond acceptors (Lipinski definition) is 4. The quantitative estimate of drug-likeness (QED) is 0.470. The average Bonchev–Trinajstić information content (AvgIpc) is 3.24. The predicted molar refractivity (Wildman–Crippen MR) is 144 cm³/mol. The molecule has 2 aromatic carbocycles. The Labute approximate surface area is 218 Å². The highest BCUT2D eigenvalue weighted by Gasteiger charge is 2.47. The van der Waals surface area contributed by atoms with Crippen LogP contribution < -0.4 is 5.32 Å². The molecule has 1 saturated carbocycles. The molecule has 2 fully saturated rings. The van der Waals surface area contributed by atoms with Gasteiger partial charge in [-0.1, -0.05) is 42.8 Å². The monoisotopic (exact) mass is 502 g/mol. The van der Waals surface area contributed by atoms with E-state index in [1.165, 1.54) is 23.9 Å². The summed E-state index contributed by atoms with van der Waals surface area (Å²) in [6.45, 7) is 4.68. The van der Waals surface area contributed by atoms with Gasteiger partial charge in [0.2, 0.25) is 0 Å². The van der Waals surface area contributed by atoms with Crippen LogP contribution in [0.3, 0.4) is 0 Å². The number of urea groups is 1. The number of amides is 2. The second-order valence-electron chi connectivity index (χ2n) is 10.6. The SMILES string of the molecule is CC12CC(C=N)C(=Nc3ccc(F)cc3)C=C1CCC2CC(NC(=O)N1CCOCC1)c1ccccc1. The van der Waals surface area contributed by atoms with Crippen molar-refractivity contribution in [3.05, 3.63) is 77.6 Å². The average molecular weight is 503 g/mol. The second-order valence-corrected chi connectivity index (χ2v) is 10.6. The Morgan fingerprint density at radius 1 is 1.22 bits per heavy atom. The molecule has 0 radical (unpaired) electrons. The molecule has 194 valence electrons. The fraction of sp³-hybridized carbons (Fsp3) is 0.433. The van der Waals surface area contributed by atoms with Crippen LogP contribution in [0.4, 0.5) is 14.9 Å². The van der Waals surface area contributed by atoms with Crippen molar-refractivity contribution in [2.24, 2.45) is 22.2 Å². The van der Waals surface area contributed by atoms with E-state index >= 15 is 0 Å². The molecule has 2 aliphatic carbocycles. The van der Waals surface area contributed by atoms with E-state index in [1.54, 1.807) is 12.1 Å². The third-order valence-electron chi connectivity index (χ3n) is 8.35. The van der Waals surface area contributed by atoms with Gasteiger partial charge >= 0.3 is 6.03 Å².